The van der Waals surface area contributed by atoms with Crippen LogP contribution in [0.4, 0.5) is 5.95 Å². The summed E-state index contributed by atoms with van der Waals surface area (Å²) in [5, 5.41) is 7.05. The van der Waals surface area contributed by atoms with Gasteiger partial charge in [-0.2, -0.15) is 0 Å². The number of aryl methyl sites for hydroxylation is 1. The van der Waals surface area contributed by atoms with Gasteiger partial charge in [-0.05, 0) is 18.6 Å². The van der Waals surface area contributed by atoms with Crippen molar-refractivity contribution in [3.8, 4) is 5.75 Å². The molecule has 0 saturated heterocycles. The fourth-order valence-electron chi connectivity index (χ4n) is 1.36. The number of anilines is 1. The number of nitrogen functional groups attached to an aromatic ring is 1. The molecule has 88 valence electrons. The zero-order valence-electron chi connectivity index (χ0n) is 9.33. The van der Waals surface area contributed by atoms with Gasteiger partial charge < -0.3 is 10.5 Å². The molecule has 2 N–H and O–H groups in total. The van der Waals surface area contributed by atoms with Gasteiger partial charge in [-0.25, -0.2) is 4.57 Å². The normalized spacial score (nSPS) is 10.2. The first kappa shape index (κ1) is 11.1. The van der Waals surface area contributed by atoms with E-state index in [9.17, 15) is 4.79 Å². The summed E-state index contributed by atoms with van der Waals surface area (Å²) in [6.07, 6.45) is 1.26. The number of hydrogen-bond acceptors (Lipinski definition) is 5. The van der Waals surface area contributed by atoms with Crippen LogP contribution in [-0.2, 0) is 0 Å². The molecule has 2 aromatic rings. The van der Waals surface area contributed by atoms with Crippen LogP contribution in [0.2, 0.25) is 0 Å². The SMILES string of the molecule is Cc1ccccc1OCC(=O)n1cnnc1N. The summed E-state index contributed by atoms with van der Waals surface area (Å²) in [6.45, 7) is 1.81. The first-order chi connectivity index (χ1) is 8.18. The lowest BCUT2D eigenvalue weighted by Crippen LogP contribution is -2.20. The molecule has 0 aliphatic heterocycles. The van der Waals surface area contributed by atoms with Crippen molar-refractivity contribution in [1.82, 2.24) is 14.8 Å². The fraction of sp³-hybridized carbons (Fsp3) is 0.182. The van der Waals surface area contributed by atoms with Crippen molar-refractivity contribution in [2.75, 3.05) is 12.3 Å². The summed E-state index contributed by atoms with van der Waals surface area (Å²) in [7, 11) is 0. The van der Waals surface area contributed by atoms with E-state index in [4.69, 9.17) is 10.5 Å². The molecule has 6 nitrogen and oxygen atoms in total. The third kappa shape index (κ3) is 2.41. The van der Waals surface area contributed by atoms with Gasteiger partial charge in [-0.1, -0.05) is 18.2 Å². The van der Waals surface area contributed by atoms with Gasteiger partial charge in [-0.3, -0.25) is 4.79 Å². The largest absolute Gasteiger partial charge is 0.483 e. The number of benzene rings is 1. The Morgan fingerprint density at radius 1 is 1.47 bits per heavy atom. The van der Waals surface area contributed by atoms with Crippen LogP contribution < -0.4 is 10.5 Å². The molecule has 0 unspecified atom stereocenters. The van der Waals surface area contributed by atoms with E-state index >= 15 is 0 Å². The molecule has 0 radical (unpaired) electrons. The monoisotopic (exact) mass is 232 g/mol. The van der Waals surface area contributed by atoms with Crippen LogP contribution in [0.15, 0.2) is 30.6 Å². The number of nitrogens with zero attached hydrogens (tertiary/aromatic N) is 3. The van der Waals surface area contributed by atoms with Crippen LogP contribution in [0, 0.1) is 6.92 Å². The van der Waals surface area contributed by atoms with Gasteiger partial charge in [0.25, 0.3) is 5.91 Å². The van der Waals surface area contributed by atoms with E-state index in [1.54, 1.807) is 6.07 Å². The summed E-state index contributed by atoms with van der Waals surface area (Å²) >= 11 is 0. The van der Waals surface area contributed by atoms with Crippen molar-refractivity contribution in [2.24, 2.45) is 0 Å². The molecular formula is C11H12N4O2. The predicted molar refractivity (Wildman–Crippen MR) is 61.7 cm³/mol. The number of rotatable bonds is 3. The zero-order chi connectivity index (χ0) is 12.3. The average molecular weight is 232 g/mol. The molecule has 1 heterocycles. The zero-order valence-corrected chi connectivity index (χ0v) is 9.33. The summed E-state index contributed by atoms with van der Waals surface area (Å²) < 4.78 is 6.55. The van der Waals surface area contributed by atoms with E-state index in [0.29, 0.717) is 5.75 Å². The van der Waals surface area contributed by atoms with E-state index in [1.807, 2.05) is 25.1 Å². The molecule has 17 heavy (non-hydrogen) atoms. The van der Waals surface area contributed by atoms with Crippen molar-refractivity contribution >= 4 is 11.9 Å². The van der Waals surface area contributed by atoms with Gasteiger partial charge >= 0.3 is 0 Å². The molecule has 2 rings (SSSR count). The van der Waals surface area contributed by atoms with Gasteiger partial charge in [0.05, 0.1) is 0 Å². The van der Waals surface area contributed by atoms with Crippen LogP contribution in [-0.4, -0.2) is 27.3 Å². The number of carbonyl (C=O) groups excluding carboxylic acids is 1. The predicted octanol–water partition coefficient (Wildman–Crippen LogP) is 0.888. The highest BCUT2D eigenvalue weighted by Gasteiger charge is 2.10. The Bertz CT molecular complexity index is 536. The quantitative estimate of drug-likeness (QED) is 0.849. The standard InChI is InChI=1S/C11H12N4O2/c1-8-4-2-3-5-9(8)17-6-10(16)15-7-13-14-11(15)12/h2-5,7H,6H2,1H3,(H2,12,14). The molecule has 6 heteroatoms. The van der Waals surface area contributed by atoms with Crippen molar-refractivity contribution < 1.29 is 9.53 Å². The topological polar surface area (TPSA) is 83.0 Å². The summed E-state index contributed by atoms with van der Waals surface area (Å²) in [5.74, 6) is 0.423. The smallest absolute Gasteiger partial charge is 0.272 e. The highest BCUT2D eigenvalue weighted by atomic mass is 16.5. The lowest BCUT2D eigenvalue weighted by molar-refractivity contribution is 0.0839. The lowest BCUT2D eigenvalue weighted by atomic mass is 10.2. The highest BCUT2D eigenvalue weighted by Crippen LogP contribution is 2.16. The second-order valence-electron chi connectivity index (χ2n) is 3.51. The van der Waals surface area contributed by atoms with Gasteiger partial charge in [0.2, 0.25) is 5.95 Å². The molecule has 0 aliphatic carbocycles. The van der Waals surface area contributed by atoms with E-state index < -0.39 is 0 Å². The van der Waals surface area contributed by atoms with Crippen molar-refractivity contribution in [2.45, 2.75) is 6.92 Å². The number of nitrogens with two attached hydrogens (primary N) is 1. The summed E-state index contributed by atoms with van der Waals surface area (Å²) in [5.41, 5.74) is 6.42. The molecule has 0 aliphatic rings. The lowest BCUT2D eigenvalue weighted by Gasteiger charge is -2.08. The Hall–Kier alpha value is -2.37. The van der Waals surface area contributed by atoms with Gasteiger partial charge in [-0.15, -0.1) is 10.2 Å². The first-order valence-corrected chi connectivity index (χ1v) is 5.05. The van der Waals surface area contributed by atoms with Crippen LogP contribution in [0.5, 0.6) is 5.75 Å². The van der Waals surface area contributed by atoms with Gasteiger partial charge in [0, 0.05) is 0 Å². The van der Waals surface area contributed by atoms with Crippen molar-refractivity contribution in [3.63, 3.8) is 0 Å². The van der Waals surface area contributed by atoms with Crippen molar-refractivity contribution in [3.05, 3.63) is 36.2 Å². The third-order valence-electron chi connectivity index (χ3n) is 2.29. The maximum Gasteiger partial charge on any atom is 0.272 e. The number of para-hydroxylation sites is 1. The Morgan fingerprint density at radius 2 is 2.24 bits per heavy atom. The molecule has 0 amide bonds. The van der Waals surface area contributed by atoms with Crippen LogP contribution >= 0.6 is 0 Å². The maximum atomic E-state index is 11.7. The molecule has 0 atom stereocenters. The average Bonchev–Trinajstić information content (AvgIpc) is 2.74. The number of ether oxygens (including phenoxy) is 1. The molecule has 1 aromatic carbocycles. The second-order valence-corrected chi connectivity index (χ2v) is 3.51. The first-order valence-electron chi connectivity index (χ1n) is 5.05. The molecule has 0 spiro atoms. The molecule has 0 bridgehead atoms. The molecular weight excluding hydrogens is 220 g/mol. The second kappa shape index (κ2) is 4.65. The van der Waals surface area contributed by atoms with Crippen LogP contribution in [0.1, 0.15) is 10.4 Å². The Morgan fingerprint density at radius 3 is 2.88 bits per heavy atom. The van der Waals surface area contributed by atoms with Gasteiger partial charge in [0.1, 0.15) is 12.1 Å². The number of carbonyl (C=O) groups is 1. The minimum Gasteiger partial charge on any atom is -0.483 e. The number of hydrogen-bond donors (Lipinski definition) is 1. The Balaban J connectivity index is 2.02. The third-order valence-corrected chi connectivity index (χ3v) is 2.29. The van der Waals surface area contributed by atoms with E-state index in [1.165, 1.54) is 6.33 Å². The van der Waals surface area contributed by atoms with E-state index in [0.717, 1.165) is 10.1 Å². The number of aromatic nitrogens is 3. The fourth-order valence-corrected chi connectivity index (χ4v) is 1.36. The highest BCUT2D eigenvalue weighted by molar-refractivity contribution is 5.82. The minimum absolute atomic E-state index is 0.0587. The van der Waals surface area contributed by atoms with Crippen molar-refractivity contribution in [1.29, 1.82) is 0 Å². The minimum atomic E-state index is -0.309. The molecule has 1 aromatic heterocycles. The van der Waals surface area contributed by atoms with Crippen LogP contribution in [0.3, 0.4) is 0 Å². The molecule has 0 fully saturated rings. The maximum absolute atomic E-state index is 11.7. The van der Waals surface area contributed by atoms with Gasteiger partial charge in [0.15, 0.2) is 6.61 Å². The van der Waals surface area contributed by atoms with E-state index in [2.05, 4.69) is 10.2 Å². The Labute approximate surface area is 98.0 Å². The molecule has 0 saturated carbocycles. The van der Waals surface area contributed by atoms with Crippen LogP contribution in [0.25, 0.3) is 0 Å². The van der Waals surface area contributed by atoms with E-state index in [-0.39, 0.29) is 18.5 Å². The summed E-state index contributed by atoms with van der Waals surface area (Å²) in [4.78, 5) is 11.7. The Kier molecular flexibility index (Phi) is 3.04. The summed E-state index contributed by atoms with van der Waals surface area (Å²) in [6, 6.07) is 7.47.